The summed E-state index contributed by atoms with van der Waals surface area (Å²) in [4.78, 5) is 26.5. The maximum absolute atomic E-state index is 12.1. The van der Waals surface area contributed by atoms with Crippen LogP contribution in [0.15, 0.2) is 48.7 Å². The summed E-state index contributed by atoms with van der Waals surface area (Å²) in [7, 11) is 0. The predicted molar refractivity (Wildman–Crippen MR) is 76.3 cm³/mol. The van der Waals surface area contributed by atoms with Gasteiger partial charge in [0.25, 0.3) is 5.91 Å². The highest BCUT2D eigenvalue weighted by atomic mass is 16.4. The molecule has 1 fully saturated rings. The van der Waals surface area contributed by atoms with E-state index < -0.39 is 5.97 Å². The number of benzene rings is 1. The summed E-state index contributed by atoms with van der Waals surface area (Å²) in [5.41, 5.74) is 1.53. The normalized spacial score (nSPS) is 19.8. The van der Waals surface area contributed by atoms with E-state index >= 15 is 0 Å². The molecule has 1 aliphatic carbocycles. The summed E-state index contributed by atoms with van der Waals surface area (Å²) >= 11 is 0. The van der Waals surface area contributed by atoms with Crippen molar-refractivity contribution in [1.82, 2.24) is 10.3 Å². The fourth-order valence-electron chi connectivity index (χ4n) is 2.33. The highest BCUT2D eigenvalue weighted by Crippen LogP contribution is 2.40. The number of rotatable bonds is 4. The van der Waals surface area contributed by atoms with E-state index in [1.54, 1.807) is 0 Å². The predicted octanol–water partition coefficient (Wildman–Crippen LogP) is 2.07. The lowest BCUT2D eigenvalue weighted by Gasteiger charge is -2.05. The number of carbonyl (C=O) groups is 2. The molecule has 21 heavy (non-hydrogen) atoms. The molecule has 0 radical (unpaired) electrons. The van der Waals surface area contributed by atoms with E-state index in [0.29, 0.717) is 11.5 Å². The van der Waals surface area contributed by atoms with Gasteiger partial charge in [0, 0.05) is 18.2 Å². The first-order chi connectivity index (χ1) is 10.1. The van der Waals surface area contributed by atoms with Crippen LogP contribution in [0.4, 0.5) is 0 Å². The van der Waals surface area contributed by atoms with Gasteiger partial charge >= 0.3 is 5.97 Å². The molecule has 2 aromatic rings. The number of carbonyl (C=O) groups excluding carboxylic acids is 1. The Balaban J connectivity index is 1.62. The Morgan fingerprint density at radius 2 is 1.90 bits per heavy atom. The van der Waals surface area contributed by atoms with Gasteiger partial charge in [-0.05, 0) is 24.1 Å². The summed E-state index contributed by atoms with van der Waals surface area (Å²) in [5, 5.41) is 11.7. The molecule has 5 heteroatoms. The van der Waals surface area contributed by atoms with Gasteiger partial charge in [0.05, 0.1) is 5.56 Å². The van der Waals surface area contributed by atoms with Crippen molar-refractivity contribution < 1.29 is 14.7 Å². The number of amides is 1. The molecule has 1 heterocycles. The van der Waals surface area contributed by atoms with Crippen LogP contribution in [0.2, 0.25) is 0 Å². The monoisotopic (exact) mass is 282 g/mol. The first-order valence-corrected chi connectivity index (χ1v) is 6.70. The summed E-state index contributed by atoms with van der Waals surface area (Å²) in [6, 6.07) is 13.0. The molecule has 106 valence electrons. The minimum absolute atomic E-state index is 0.0693. The number of carboxylic acids is 1. The summed E-state index contributed by atoms with van der Waals surface area (Å²) in [5.74, 6) is -0.961. The molecule has 1 aromatic carbocycles. The van der Waals surface area contributed by atoms with Gasteiger partial charge in [-0.1, -0.05) is 30.3 Å². The number of carboxylic acid groups (broad SMARTS) is 1. The molecule has 2 unspecified atom stereocenters. The SMILES string of the molecule is O=C(NC1CC1c1ccccc1)c1ccc(C(=O)O)nc1. The van der Waals surface area contributed by atoms with Crippen molar-refractivity contribution in [2.75, 3.05) is 0 Å². The van der Waals surface area contributed by atoms with Crippen molar-refractivity contribution in [3.8, 4) is 0 Å². The topological polar surface area (TPSA) is 79.3 Å². The largest absolute Gasteiger partial charge is 0.477 e. The molecule has 1 saturated carbocycles. The van der Waals surface area contributed by atoms with E-state index in [2.05, 4.69) is 22.4 Å². The van der Waals surface area contributed by atoms with Crippen molar-refractivity contribution in [3.63, 3.8) is 0 Å². The maximum atomic E-state index is 12.1. The number of hydrogen-bond acceptors (Lipinski definition) is 3. The van der Waals surface area contributed by atoms with Gasteiger partial charge in [0.15, 0.2) is 0 Å². The van der Waals surface area contributed by atoms with Crippen LogP contribution in [0.1, 0.15) is 38.7 Å². The first kappa shape index (κ1) is 13.3. The van der Waals surface area contributed by atoms with E-state index in [9.17, 15) is 9.59 Å². The Hall–Kier alpha value is -2.69. The standard InChI is InChI=1S/C16H14N2O3/c19-15(11-6-7-13(16(20)21)17-9-11)18-14-8-12(14)10-4-2-1-3-5-10/h1-7,9,12,14H,8H2,(H,18,19)(H,20,21). The second-order valence-corrected chi connectivity index (χ2v) is 5.07. The van der Waals surface area contributed by atoms with Crippen LogP contribution in [0.3, 0.4) is 0 Å². The van der Waals surface area contributed by atoms with Crippen molar-refractivity contribution in [2.24, 2.45) is 0 Å². The molecular formula is C16H14N2O3. The highest BCUT2D eigenvalue weighted by molar-refractivity contribution is 5.95. The van der Waals surface area contributed by atoms with E-state index in [1.807, 2.05) is 18.2 Å². The Labute approximate surface area is 121 Å². The molecule has 0 saturated heterocycles. The second kappa shape index (κ2) is 5.36. The third-order valence-corrected chi connectivity index (χ3v) is 3.58. The third-order valence-electron chi connectivity index (χ3n) is 3.58. The first-order valence-electron chi connectivity index (χ1n) is 6.70. The van der Waals surface area contributed by atoms with Crippen LogP contribution < -0.4 is 5.32 Å². The smallest absolute Gasteiger partial charge is 0.354 e. The molecule has 0 bridgehead atoms. The number of aromatic carboxylic acids is 1. The molecular weight excluding hydrogens is 268 g/mol. The lowest BCUT2D eigenvalue weighted by Crippen LogP contribution is -2.26. The molecule has 2 N–H and O–H groups in total. The van der Waals surface area contributed by atoms with Crippen molar-refractivity contribution >= 4 is 11.9 Å². The van der Waals surface area contributed by atoms with Gasteiger partial charge in [0.2, 0.25) is 0 Å². The average molecular weight is 282 g/mol. The number of nitrogens with one attached hydrogen (secondary N) is 1. The number of aromatic nitrogens is 1. The van der Waals surface area contributed by atoms with Gasteiger partial charge in [-0.15, -0.1) is 0 Å². The van der Waals surface area contributed by atoms with Crippen LogP contribution in [-0.4, -0.2) is 28.0 Å². The van der Waals surface area contributed by atoms with Crippen molar-refractivity contribution in [3.05, 3.63) is 65.5 Å². The molecule has 1 aliphatic rings. The van der Waals surface area contributed by atoms with E-state index in [4.69, 9.17) is 5.11 Å². The summed E-state index contributed by atoms with van der Waals surface area (Å²) < 4.78 is 0. The van der Waals surface area contributed by atoms with Crippen molar-refractivity contribution in [2.45, 2.75) is 18.4 Å². The summed E-state index contributed by atoms with van der Waals surface area (Å²) in [6.45, 7) is 0. The maximum Gasteiger partial charge on any atom is 0.354 e. The minimum Gasteiger partial charge on any atom is -0.477 e. The van der Waals surface area contributed by atoms with E-state index in [1.165, 1.54) is 23.9 Å². The highest BCUT2D eigenvalue weighted by Gasteiger charge is 2.39. The molecule has 0 spiro atoms. The lowest BCUT2D eigenvalue weighted by molar-refractivity contribution is 0.0689. The minimum atomic E-state index is -1.10. The van der Waals surface area contributed by atoms with Gasteiger partial charge < -0.3 is 10.4 Å². The Morgan fingerprint density at radius 1 is 1.14 bits per heavy atom. The van der Waals surface area contributed by atoms with Gasteiger partial charge in [0.1, 0.15) is 5.69 Å². The summed E-state index contributed by atoms with van der Waals surface area (Å²) in [6.07, 6.45) is 2.22. The Kier molecular flexibility index (Phi) is 3.39. The number of pyridine rings is 1. The van der Waals surface area contributed by atoms with Crippen molar-refractivity contribution in [1.29, 1.82) is 0 Å². The zero-order valence-corrected chi connectivity index (χ0v) is 11.2. The van der Waals surface area contributed by atoms with Gasteiger partial charge in [-0.2, -0.15) is 0 Å². The van der Waals surface area contributed by atoms with E-state index in [0.717, 1.165) is 6.42 Å². The molecule has 1 amide bonds. The van der Waals surface area contributed by atoms with Crippen LogP contribution in [0.25, 0.3) is 0 Å². The Bertz CT molecular complexity index is 668. The molecule has 5 nitrogen and oxygen atoms in total. The molecule has 0 aliphatic heterocycles. The zero-order valence-electron chi connectivity index (χ0n) is 11.2. The fourth-order valence-corrected chi connectivity index (χ4v) is 2.33. The van der Waals surface area contributed by atoms with Crippen LogP contribution in [-0.2, 0) is 0 Å². The zero-order chi connectivity index (χ0) is 14.8. The second-order valence-electron chi connectivity index (χ2n) is 5.07. The fraction of sp³-hybridized carbons (Fsp3) is 0.188. The van der Waals surface area contributed by atoms with Gasteiger partial charge in [-0.25, -0.2) is 9.78 Å². The number of nitrogens with zero attached hydrogens (tertiary/aromatic N) is 1. The molecule has 3 rings (SSSR count). The van der Waals surface area contributed by atoms with Crippen LogP contribution in [0, 0.1) is 0 Å². The van der Waals surface area contributed by atoms with Gasteiger partial charge in [-0.3, -0.25) is 4.79 Å². The Morgan fingerprint density at radius 3 is 2.52 bits per heavy atom. The quantitative estimate of drug-likeness (QED) is 0.899. The third kappa shape index (κ3) is 2.91. The van der Waals surface area contributed by atoms with Crippen LogP contribution in [0.5, 0.6) is 0 Å². The lowest BCUT2D eigenvalue weighted by atomic mass is 10.1. The molecule has 1 aromatic heterocycles. The van der Waals surface area contributed by atoms with Crippen LogP contribution >= 0.6 is 0 Å². The van der Waals surface area contributed by atoms with E-state index in [-0.39, 0.29) is 17.6 Å². The average Bonchev–Trinajstić information content (AvgIpc) is 3.27. The molecule has 2 atom stereocenters. The number of hydrogen-bond donors (Lipinski definition) is 2.